The number of carbonyl (C=O) groups excluding carboxylic acids is 2. The second kappa shape index (κ2) is 6.47. The fourth-order valence-corrected chi connectivity index (χ4v) is 1.24. The van der Waals surface area contributed by atoms with Gasteiger partial charge in [0.25, 0.3) is 5.91 Å². The highest BCUT2D eigenvalue weighted by molar-refractivity contribution is 5.97. The number of aromatic nitrogens is 1. The molecule has 1 heterocycles. The lowest BCUT2D eigenvalue weighted by atomic mass is 10.2. The summed E-state index contributed by atoms with van der Waals surface area (Å²) in [5, 5.41) is 5.49. The summed E-state index contributed by atoms with van der Waals surface area (Å²) in [4.78, 5) is 26.4. The number of carbonyl (C=O) groups is 2. The third-order valence-electron chi connectivity index (χ3n) is 2.06. The van der Waals surface area contributed by atoms with Crippen molar-refractivity contribution in [1.29, 1.82) is 0 Å². The normalized spacial score (nSPS) is 9.71. The molecule has 0 saturated heterocycles. The zero-order chi connectivity index (χ0) is 12.7. The molecule has 1 rings (SSSR count). The summed E-state index contributed by atoms with van der Waals surface area (Å²) in [6.45, 7) is 2.67. The number of anilines is 1. The first-order chi connectivity index (χ1) is 8.15. The smallest absolute Gasteiger partial charge is 0.252 e. The molecular formula is C11H16N4O2. The molecule has 1 aromatic heterocycles. The first-order valence-electron chi connectivity index (χ1n) is 5.40. The Balaban J connectivity index is 2.57. The van der Waals surface area contributed by atoms with E-state index in [0.29, 0.717) is 12.4 Å². The van der Waals surface area contributed by atoms with Gasteiger partial charge in [0.15, 0.2) is 0 Å². The van der Waals surface area contributed by atoms with Crippen LogP contribution in [0.15, 0.2) is 18.3 Å². The molecule has 1 aromatic rings. The van der Waals surface area contributed by atoms with Gasteiger partial charge in [-0.1, -0.05) is 6.92 Å². The third kappa shape index (κ3) is 4.10. The minimum absolute atomic E-state index is 0.0668. The highest BCUT2D eigenvalue weighted by atomic mass is 16.2. The van der Waals surface area contributed by atoms with Crippen LogP contribution in [0.2, 0.25) is 0 Å². The third-order valence-corrected chi connectivity index (χ3v) is 2.06. The fourth-order valence-electron chi connectivity index (χ4n) is 1.24. The van der Waals surface area contributed by atoms with E-state index < -0.39 is 5.91 Å². The van der Waals surface area contributed by atoms with Gasteiger partial charge in [-0.05, 0) is 18.6 Å². The van der Waals surface area contributed by atoms with E-state index in [2.05, 4.69) is 15.6 Å². The molecule has 17 heavy (non-hydrogen) atoms. The van der Waals surface area contributed by atoms with Crippen molar-refractivity contribution in [1.82, 2.24) is 10.3 Å². The lowest BCUT2D eigenvalue weighted by Crippen LogP contribution is -2.31. The average Bonchev–Trinajstić information content (AvgIpc) is 2.34. The second-order valence-electron chi connectivity index (χ2n) is 3.47. The van der Waals surface area contributed by atoms with Crippen LogP contribution in [0, 0.1) is 0 Å². The number of nitrogens with one attached hydrogen (secondary N) is 2. The number of hydrogen-bond donors (Lipinski definition) is 3. The number of hydrogen-bond acceptors (Lipinski definition) is 4. The Labute approximate surface area is 99.6 Å². The van der Waals surface area contributed by atoms with Crippen molar-refractivity contribution < 1.29 is 9.59 Å². The Hall–Kier alpha value is -2.11. The number of nitrogens with two attached hydrogens (primary N) is 1. The van der Waals surface area contributed by atoms with Crippen LogP contribution in [0.3, 0.4) is 0 Å². The topological polar surface area (TPSA) is 97.1 Å². The molecule has 4 N–H and O–H groups in total. The summed E-state index contributed by atoms with van der Waals surface area (Å²) >= 11 is 0. The molecule has 0 radical (unpaired) electrons. The van der Waals surface area contributed by atoms with E-state index >= 15 is 0 Å². The van der Waals surface area contributed by atoms with Gasteiger partial charge in [-0.15, -0.1) is 0 Å². The van der Waals surface area contributed by atoms with Crippen molar-refractivity contribution in [2.75, 3.05) is 18.4 Å². The molecule has 0 spiro atoms. The molecule has 0 aliphatic carbocycles. The molecule has 6 nitrogen and oxygen atoms in total. The fraction of sp³-hybridized carbons (Fsp3) is 0.364. The van der Waals surface area contributed by atoms with Gasteiger partial charge in [0.2, 0.25) is 5.91 Å². The van der Waals surface area contributed by atoms with Gasteiger partial charge in [0.05, 0.1) is 12.1 Å². The van der Waals surface area contributed by atoms with Crippen LogP contribution in [0.25, 0.3) is 0 Å². The molecule has 2 amide bonds. The van der Waals surface area contributed by atoms with Crippen LogP contribution in [0.1, 0.15) is 23.7 Å². The number of pyridine rings is 1. The summed E-state index contributed by atoms with van der Waals surface area (Å²) in [7, 11) is 0. The Kier molecular flexibility index (Phi) is 4.93. The predicted octanol–water partition coefficient (Wildman–Crippen LogP) is 0.119. The minimum atomic E-state index is -0.574. The number of rotatable bonds is 6. The van der Waals surface area contributed by atoms with E-state index in [0.717, 1.165) is 6.42 Å². The molecule has 0 bridgehead atoms. The maximum atomic E-state index is 11.3. The summed E-state index contributed by atoms with van der Waals surface area (Å²) in [6.07, 6.45) is 2.40. The Morgan fingerprint density at radius 2 is 2.24 bits per heavy atom. The zero-order valence-electron chi connectivity index (χ0n) is 9.69. The highest BCUT2D eigenvalue weighted by Gasteiger charge is 2.09. The number of primary amides is 1. The van der Waals surface area contributed by atoms with E-state index in [1.807, 2.05) is 6.92 Å². The molecule has 6 heteroatoms. The zero-order valence-corrected chi connectivity index (χ0v) is 9.69. The van der Waals surface area contributed by atoms with Crippen molar-refractivity contribution >= 4 is 17.6 Å². The molecule has 92 valence electrons. The van der Waals surface area contributed by atoms with Gasteiger partial charge in [0, 0.05) is 12.7 Å². The van der Waals surface area contributed by atoms with Gasteiger partial charge in [-0.3, -0.25) is 9.59 Å². The van der Waals surface area contributed by atoms with E-state index in [9.17, 15) is 9.59 Å². The van der Waals surface area contributed by atoms with E-state index in [1.54, 1.807) is 12.1 Å². The highest BCUT2D eigenvalue weighted by Crippen LogP contribution is 2.09. The van der Waals surface area contributed by atoms with E-state index in [4.69, 9.17) is 5.73 Å². The predicted molar refractivity (Wildman–Crippen MR) is 64.5 cm³/mol. The Morgan fingerprint density at radius 3 is 2.88 bits per heavy atom. The average molecular weight is 236 g/mol. The summed E-state index contributed by atoms with van der Waals surface area (Å²) in [6, 6.07) is 3.17. The van der Waals surface area contributed by atoms with Gasteiger partial charge in [-0.2, -0.15) is 0 Å². The second-order valence-corrected chi connectivity index (χ2v) is 3.47. The molecule has 0 aliphatic rings. The summed E-state index contributed by atoms with van der Waals surface area (Å²) in [5.74, 6) is -0.394. The van der Waals surface area contributed by atoms with Crippen molar-refractivity contribution in [3.05, 3.63) is 23.9 Å². The van der Waals surface area contributed by atoms with Crippen LogP contribution in [0.5, 0.6) is 0 Å². The van der Waals surface area contributed by atoms with Crippen LogP contribution in [-0.4, -0.2) is 29.9 Å². The largest absolute Gasteiger partial charge is 0.365 e. The minimum Gasteiger partial charge on any atom is -0.365 e. The molecule has 0 fully saturated rings. The summed E-state index contributed by atoms with van der Waals surface area (Å²) in [5.41, 5.74) is 5.46. The Bertz CT molecular complexity index is 406. The molecular weight excluding hydrogens is 220 g/mol. The lowest BCUT2D eigenvalue weighted by Gasteiger charge is -2.08. The van der Waals surface area contributed by atoms with Gasteiger partial charge in [0.1, 0.15) is 5.82 Å². The quantitative estimate of drug-likeness (QED) is 0.653. The van der Waals surface area contributed by atoms with Gasteiger partial charge >= 0.3 is 0 Å². The van der Waals surface area contributed by atoms with Crippen LogP contribution >= 0.6 is 0 Å². The first-order valence-corrected chi connectivity index (χ1v) is 5.40. The van der Waals surface area contributed by atoms with Crippen LogP contribution < -0.4 is 16.4 Å². The van der Waals surface area contributed by atoms with Crippen molar-refractivity contribution in [3.8, 4) is 0 Å². The number of nitrogens with zero attached hydrogens (tertiary/aromatic N) is 1. The van der Waals surface area contributed by atoms with Gasteiger partial charge in [-0.25, -0.2) is 4.98 Å². The standard InChI is InChI=1S/C11H16N4O2/c1-2-5-13-9(16)7-15-11-8(10(12)17)4-3-6-14-11/h3-4,6H,2,5,7H2,1H3,(H2,12,17)(H,13,16)(H,14,15). The van der Waals surface area contributed by atoms with Crippen LogP contribution in [0.4, 0.5) is 5.82 Å². The van der Waals surface area contributed by atoms with Gasteiger partial charge < -0.3 is 16.4 Å². The summed E-state index contributed by atoms with van der Waals surface area (Å²) < 4.78 is 0. The van der Waals surface area contributed by atoms with E-state index in [-0.39, 0.29) is 18.0 Å². The molecule has 0 atom stereocenters. The maximum Gasteiger partial charge on any atom is 0.252 e. The molecule has 0 saturated carbocycles. The monoisotopic (exact) mass is 236 g/mol. The van der Waals surface area contributed by atoms with Crippen molar-refractivity contribution in [2.24, 2.45) is 5.73 Å². The SMILES string of the molecule is CCCNC(=O)CNc1ncccc1C(N)=O. The van der Waals surface area contributed by atoms with Crippen molar-refractivity contribution in [2.45, 2.75) is 13.3 Å². The maximum absolute atomic E-state index is 11.3. The lowest BCUT2D eigenvalue weighted by molar-refractivity contribution is -0.119. The number of amides is 2. The molecule has 0 aliphatic heterocycles. The van der Waals surface area contributed by atoms with E-state index in [1.165, 1.54) is 6.20 Å². The van der Waals surface area contributed by atoms with Crippen molar-refractivity contribution in [3.63, 3.8) is 0 Å². The molecule has 0 aromatic carbocycles. The first kappa shape index (κ1) is 13.0. The molecule has 0 unspecified atom stereocenters. The van der Waals surface area contributed by atoms with Crippen LogP contribution in [-0.2, 0) is 4.79 Å². The Morgan fingerprint density at radius 1 is 1.47 bits per heavy atom.